The first-order chi connectivity index (χ1) is 10.2. The molecule has 0 atom stereocenters. The lowest BCUT2D eigenvalue weighted by molar-refractivity contribution is 0.568. The third kappa shape index (κ3) is 4.14. The van der Waals surface area contributed by atoms with E-state index in [9.17, 15) is 0 Å². The SMILES string of the molecule is CC.CC.Cc1cc(Br)c2ncc(-c3ccoc3)nc2c1. The Bertz CT molecular complexity index is 679. The fourth-order valence-corrected chi connectivity index (χ4v) is 2.43. The topological polar surface area (TPSA) is 38.9 Å². The molecule has 0 radical (unpaired) electrons. The van der Waals surface area contributed by atoms with Crippen molar-refractivity contribution < 1.29 is 4.42 Å². The maximum atomic E-state index is 5.05. The van der Waals surface area contributed by atoms with Crippen LogP contribution in [0, 0.1) is 6.92 Å². The highest BCUT2D eigenvalue weighted by molar-refractivity contribution is 9.10. The van der Waals surface area contributed by atoms with Crippen LogP contribution in [-0.4, -0.2) is 9.97 Å². The second kappa shape index (κ2) is 8.57. The van der Waals surface area contributed by atoms with Crippen molar-refractivity contribution in [2.75, 3.05) is 0 Å². The summed E-state index contributed by atoms with van der Waals surface area (Å²) in [6, 6.07) is 5.94. The Labute approximate surface area is 134 Å². The lowest BCUT2D eigenvalue weighted by Gasteiger charge is -2.03. The van der Waals surface area contributed by atoms with E-state index in [1.54, 1.807) is 18.7 Å². The summed E-state index contributed by atoms with van der Waals surface area (Å²) in [5.74, 6) is 0. The van der Waals surface area contributed by atoms with Gasteiger partial charge in [0.15, 0.2) is 0 Å². The predicted molar refractivity (Wildman–Crippen MR) is 92.4 cm³/mol. The van der Waals surface area contributed by atoms with Crippen LogP contribution >= 0.6 is 15.9 Å². The zero-order valence-corrected chi connectivity index (χ0v) is 14.7. The number of rotatable bonds is 1. The molecule has 1 aromatic carbocycles. The minimum atomic E-state index is 0.823. The summed E-state index contributed by atoms with van der Waals surface area (Å²) in [4.78, 5) is 9.01. The molecule has 0 aliphatic carbocycles. The van der Waals surface area contributed by atoms with Crippen molar-refractivity contribution >= 4 is 27.0 Å². The summed E-state index contributed by atoms with van der Waals surface area (Å²) in [7, 11) is 0. The van der Waals surface area contributed by atoms with Gasteiger partial charge in [0.05, 0.1) is 29.9 Å². The molecular formula is C17H21BrN2O. The molecule has 0 aliphatic rings. The van der Waals surface area contributed by atoms with Crippen LogP contribution in [0.1, 0.15) is 33.3 Å². The molecule has 4 heteroatoms. The number of benzene rings is 1. The fraction of sp³-hybridized carbons (Fsp3) is 0.294. The van der Waals surface area contributed by atoms with Crippen LogP contribution in [0.2, 0.25) is 0 Å². The van der Waals surface area contributed by atoms with Crippen LogP contribution in [0.25, 0.3) is 22.3 Å². The van der Waals surface area contributed by atoms with Crippen LogP contribution in [0.5, 0.6) is 0 Å². The van der Waals surface area contributed by atoms with Gasteiger partial charge in [0.25, 0.3) is 0 Å². The standard InChI is InChI=1S/C13H9BrN2O.2C2H6/c1-8-4-10(14)13-11(5-8)16-12(6-15-13)9-2-3-17-7-9;2*1-2/h2-7H,1H3;2*1-2H3. The quantitative estimate of drug-likeness (QED) is 0.540. The number of fused-ring (bicyclic) bond motifs is 1. The molecule has 3 nitrogen and oxygen atoms in total. The molecule has 0 aliphatic heterocycles. The van der Waals surface area contributed by atoms with E-state index in [-0.39, 0.29) is 0 Å². The smallest absolute Gasteiger partial charge is 0.103 e. The summed E-state index contributed by atoms with van der Waals surface area (Å²) in [5.41, 5.74) is 4.68. The first-order valence-corrected chi connectivity index (χ1v) is 7.99. The molecule has 0 spiro atoms. The number of nitrogens with zero attached hydrogens (tertiary/aromatic N) is 2. The van der Waals surface area contributed by atoms with Crippen molar-refractivity contribution in [2.24, 2.45) is 0 Å². The Balaban J connectivity index is 0.000000510. The Morgan fingerprint density at radius 3 is 2.43 bits per heavy atom. The van der Waals surface area contributed by atoms with Crippen molar-refractivity contribution in [3.8, 4) is 11.3 Å². The molecule has 0 saturated heterocycles. The molecule has 21 heavy (non-hydrogen) atoms. The van der Waals surface area contributed by atoms with Gasteiger partial charge in [-0.25, -0.2) is 4.98 Å². The predicted octanol–water partition coefficient (Wildman–Crippen LogP) is 6.01. The molecule has 112 valence electrons. The Kier molecular flexibility index (Phi) is 7.09. The van der Waals surface area contributed by atoms with Gasteiger partial charge in [0.1, 0.15) is 5.52 Å². The normalized spacial score (nSPS) is 9.43. The lowest BCUT2D eigenvalue weighted by Crippen LogP contribution is -1.89. The number of halogens is 1. The zero-order chi connectivity index (χ0) is 15.8. The van der Waals surface area contributed by atoms with Crippen LogP contribution < -0.4 is 0 Å². The Morgan fingerprint density at radius 2 is 1.81 bits per heavy atom. The van der Waals surface area contributed by atoms with Crippen LogP contribution in [0.15, 0.2) is 45.8 Å². The molecule has 0 bridgehead atoms. The van der Waals surface area contributed by atoms with Crippen LogP contribution in [-0.2, 0) is 0 Å². The minimum Gasteiger partial charge on any atom is -0.472 e. The van der Waals surface area contributed by atoms with E-state index in [0.29, 0.717) is 0 Å². The van der Waals surface area contributed by atoms with Gasteiger partial charge in [-0.2, -0.15) is 0 Å². The highest BCUT2D eigenvalue weighted by Gasteiger charge is 2.06. The van der Waals surface area contributed by atoms with Gasteiger partial charge in [0, 0.05) is 10.0 Å². The first kappa shape index (κ1) is 17.4. The van der Waals surface area contributed by atoms with Crippen LogP contribution in [0.4, 0.5) is 0 Å². The molecule has 0 amide bonds. The monoisotopic (exact) mass is 348 g/mol. The second-order valence-corrected chi connectivity index (χ2v) is 4.74. The van der Waals surface area contributed by atoms with Crippen LogP contribution in [0.3, 0.4) is 0 Å². The molecule has 2 heterocycles. The highest BCUT2D eigenvalue weighted by atomic mass is 79.9. The van der Waals surface area contributed by atoms with Crippen molar-refractivity contribution in [1.82, 2.24) is 9.97 Å². The van der Waals surface area contributed by atoms with Gasteiger partial charge in [-0.3, -0.25) is 4.98 Å². The minimum absolute atomic E-state index is 0.823. The Morgan fingerprint density at radius 1 is 1.10 bits per heavy atom. The summed E-state index contributed by atoms with van der Waals surface area (Å²) in [6.45, 7) is 10.0. The first-order valence-electron chi connectivity index (χ1n) is 7.19. The number of aryl methyl sites for hydroxylation is 1. The average Bonchev–Trinajstić information content (AvgIpc) is 3.05. The Hall–Kier alpha value is -1.68. The molecule has 2 aromatic heterocycles. The lowest BCUT2D eigenvalue weighted by atomic mass is 10.2. The van der Waals surface area contributed by atoms with E-state index in [1.807, 2.05) is 52.8 Å². The summed E-state index contributed by atoms with van der Waals surface area (Å²) in [5, 5.41) is 0. The molecule has 0 fully saturated rings. The third-order valence-electron chi connectivity index (χ3n) is 2.56. The van der Waals surface area contributed by atoms with Crippen molar-refractivity contribution in [1.29, 1.82) is 0 Å². The molecule has 0 unspecified atom stereocenters. The number of furan rings is 1. The molecule has 0 saturated carbocycles. The molecule has 0 N–H and O–H groups in total. The van der Waals surface area contributed by atoms with Gasteiger partial charge < -0.3 is 4.42 Å². The van der Waals surface area contributed by atoms with Gasteiger partial charge >= 0.3 is 0 Å². The van der Waals surface area contributed by atoms with E-state index in [4.69, 9.17) is 4.42 Å². The number of aromatic nitrogens is 2. The van der Waals surface area contributed by atoms with E-state index in [2.05, 4.69) is 25.9 Å². The third-order valence-corrected chi connectivity index (χ3v) is 3.17. The van der Waals surface area contributed by atoms with E-state index < -0.39 is 0 Å². The fourth-order valence-electron chi connectivity index (χ4n) is 1.76. The van der Waals surface area contributed by atoms with Crippen molar-refractivity contribution in [3.63, 3.8) is 0 Å². The van der Waals surface area contributed by atoms with E-state index in [1.165, 1.54) is 0 Å². The summed E-state index contributed by atoms with van der Waals surface area (Å²) >= 11 is 3.50. The summed E-state index contributed by atoms with van der Waals surface area (Å²) < 4.78 is 6.02. The van der Waals surface area contributed by atoms with Gasteiger partial charge in [0.2, 0.25) is 0 Å². The number of hydrogen-bond acceptors (Lipinski definition) is 3. The van der Waals surface area contributed by atoms with Crippen molar-refractivity contribution in [2.45, 2.75) is 34.6 Å². The van der Waals surface area contributed by atoms with Gasteiger partial charge in [-0.05, 0) is 46.6 Å². The highest BCUT2D eigenvalue weighted by Crippen LogP contribution is 2.25. The zero-order valence-electron chi connectivity index (χ0n) is 13.1. The van der Waals surface area contributed by atoms with Crippen molar-refractivity contribution in [3.05, 3.63) is 47.0 Å². The largest absolute Gasteiger partial charge is 0.472 e. The molecule has 3 rings (SSSR count). The van der Waals surface area contributed by atoms with Gasteiger partial charge in [-0.1, -0.05) is 27.7 Å². The average molecular weight is 349 g/mol. The van der Waals surface area contributed by atoms with E-state index in [0.717, 1.165) is 32.3 Å². The maximum Gasteiger partial charge on any atom is 0.103 e. The molecule has 3 aromatic rings. The number of hydrogen-bond donors (Lipinski definition) is 0. The summed E-state index contributed by atoms with van der Waals surface area (Å²) in [6.07, 6.45) is 5.06. The van der Waals surface area contributed by atoms with Gasteiger partial charge in [-0.15, -0.1) is 0 Å². The second-order valence-electron chi connectivity index (χ2n) is 3.88. The molecular weight excluding hydrogens is 328 g/mol. The van der Waals surface area contributed by atoms with E-state index >= 15 is 0 Å². The maximum absolute atomic E-state index is 5.05.